The fraction of sp³-hybridized carbons (Fsp3) is 0.400. The van der Waals surface area contributed by atoms with Crippen LogP contribution in [0.25, 0.3) is 0 Å². The smallest absolute Gasteiger partial charge is 0.0582 e. The first kappa shape index (κ1) is 13.7. The van der Waals surface area contributed by atoms with Gasteiger partial charge in [0.15, 0.2) is 0 Å². The van der Waals surface area contributed by atoms with E-state index < -0.39 is 0 Å². The van der Waals surface area contributed by atoms with Crippen LogP contribution in [0, 0.1) is 0 Å². The van der Waals surface area contributed by atoms with Crippen LogP contribution in [0.4, 0.5) is 11.4 Å². The van der Waals surface area contributed by atoms with E-state index in [4.69, 9.17) is 0 Å². The largest absolute Gasteiger partial charge is 0.372 e. The van der Waals surface area contributed by atoms with Gasteiger partial charge in [-0.15, -0.1) is 0 Å². The monoisotopic (exact) mass is 292 g/mol. The van der Waals surface area contributed by atoms with Crippen LogP contribution in [0.5, 0.6) is 0 Å². The first-order chi connectivity index (χ1) is 10.8. The van der Waals surface area contributed by atoms with Crippen molar-refractivity contribution in [3.05, 3.63) is 59.7 Å². The lowest BCUT2D eigenvalue weighted by Crippen LogP contribution is -2.43. The van der Waals surface area contributed by atoms with Crippen molar-refractivity contribution in [1.29, 1.82) is 0 Å². The molecule has 2 heteroatoms. The zero-order valence-corrected chi connectivity index (χ0v) is 13.5. The van der Waals surface area contributed by atoms with Crippen molar-refractivity contribution in [2.24, 2.45) is 0 Å². The Morgan fingerprint density at radius 3 is 2.55 bits per heavy atom. The van der Waals surface area contributed by atoms with E-state index in [1.165, 1.54) is 48.3 Å². The molecule has 2 aliphatic heterocycles. The average Bonchev–Trinajstić information content (AvgIpc) is 2.58. The highest BCUT2D eigenvalue weighted by Crippen LogP contribution is 2.43. The highest BCUT2D eigenvalue weighted by Gasteiger charge is 2.33. The minimum Gasteiger partial charge on any atom is -0.372 e. The summed E-state index contributed by atoms with van der Waals surface area (Å²) in [4.78, 5) is 5.09. The number of aryl methyl sites for hydroxylation is 1. The van der Waals surface area contributed by atoms with Crippen LogP contribution in [-0.2, 0) is 6.42 Å². The molecule has 0 spiro atoms. The van der Waals surface area contributed by atoms with E-state index in [0.717, 1.165) is 0 Å². The summed E-state index contributed by atoms with van der Waals surface area (Å²) in [5.41, 5.74) is 5.84. The fourth-order valence-electron chi connectivity index (χ4n) is 4.12. The minimum atomic E-state index is 0.504. The maximum Gasteiger partial charge on any atom is 0.0582 e. The predicted octanol–water partition coefficient (Wildman–Crippen LogP) is 4.41. The van der Waals surface area contributed by atoms with Crippen molar-refractivity contribution < 1.29 is 0 Å². The lowest BCUT2D eigenvalue weighted by atomic mass is 9.88. The molecule has 0 saturated carbocycles. The number of nitrogens with zero attached hydrogens (tertiary/aromatic N) is 2. The Labute approximate surface area is 133 Å². The number of rotatable bonds is 1. The van der Waals surface area contributed by atoms with E-state index in [1.807, 2.05) is 0 Å². The van der Waals surface area contributed by atoms with Crippen LogP contribution >= 0.6 is 0 Å². The number of anilines is 2. The zero-order valence-electron chi connectivity index (χ0n) is 13.5. The maximum atomic E-state index is 2.65. The van der Waals surface area contributed by atoms with Crippen molar-refractivity contribution in [2.45, 2.75) is 38.3 Å². The molecule has 0 saturated heterocycles. The number of benzene rings is 2. The summed E-state index contributed by atoms with van der Waals surface area (Å²) in [5, 5.41) is 0. The highest BCUT2D eigenvalue weighted by molar-refractivity contribution is 5.63. The molecule has 0 radical (unpaired) electrons. The van der Waals surface area contributed by atoms with E-state index >= 15 is 0 Å². The molecule has 0 amide bonds. The molecule has 2 heterocycles. The molecule has 0 fully saturated rings. The summed E-state index contributed by atoms with van der Waals surface area (Å²) < 4.78 is 0. The first-order valence-electron chi connectivity index (χ1n) is 8.42. The standard InChI is InChI=1S/C20H24N2/c1-15-14-20(17-10-4-6-12-19(17)21(15)2)22-13-7-9-16-8-3-5-11-18(16)22/h3-6,8,10-12,15,20H,7,9,13-14H2,1-2H3. The van der Waals surface area contributed by atoms with E-state index in [1.54, 1.807) is 0 Å². The Kier molecular flexibility index (Phi) is 3.33. The van der Waals surface area contributed by atoms with Gasteiger partial charge in [-0.1, -0.05) is 36.4 Å². The Balaban J connectivity index is 1.79. The molecule has 4 rings (SSSR count). The lowest BCUT2D eigenvalue weighted by Gasteiger charge is -2.45. The van der Waals surface area contributed by atoms with Gasteiger partial charge in [0.25, 0.3) is 0 Å². The van der Waals surface area contributed by atoms with Crippen molar-refractivity contribution in [1.82, 2.24) is 0 Å². The normalized spacial score (nSPS) is 23.9. The summed E-state index contributed by atoms with van der Waals surface area (Å²) in [6, 6.07) is 19.0. The SMILES string of the molecule is CC1CC(N2CCCc3ccccc32)c2ccccc2N1C. The molecular weight excluding hydrogens is 268 g/mol. The molecule has 2 aromatic rings. The zero-order chi connectivity index (χ0) is 15.1. The van der Waals surface area contributed by atoms with E-state index in [0.29, 0.717) is 12.1 Å². The summed E-state index contributed by atoms with van der Waals surface area (Å²) in [7, 11) is 2.23. The van der Waals surface area contributed by atoms with Gasteiger partial charge >= 0.3 is 0 Å². The number of para-hydroxylation sites is 2. The number of hydrogen-bond donors (Lipinski definition) is 0. The third kappa shape index (κ3) is 2.09. The van der Waals surface area contributed by atoms with Crippen LogP contribution in [0.1, 0.15) is 36.9 Å². The quantitative estimate of drug-likeness (QED) is 0.768. The average molecular weight is 292 g/mol. The molecule has 0 bridgehead atoms. The Morgan fingerprint density at radius 1 is 0.955 bits per heavy atom. The molecule has 2 atom stereocenters. The second kappa shape index (κ2) is 5.35. The van der Waals surface area contributed by atoms with Gasteiger partial charge in [-0.3, -0.25) is 0 Å². The third-order valence-corrected chi connectivity index (χ3v) is 5.42. The summed E-state index contributed by atoms with van der Waals surface area (Å²) in [6.07, 6.45) is 3.68. The van der Waals surface area contributed by atoms with Gasteiger partial charge in [-0.2, -0.15) is 0 Å². The number of fused-ring (bicyclic) bond motifs is 2. The van der Waals surface area contributed by atoms with Gasteiger partial charge in [-0.05, 0) is 49.4 Å². The molecule has 114 valence electrons. The maximum absolute atomic E-state index is 2.65. The van der Waals surface area contributed by atoms with Crippen molar-refractivity contribution in [3.63, 3.8) is 0 Å². The van der Waals surface area contributed by atoms with E-state index in [2.05, 4.69) is 72.3 Å². The van der Waals surface area contributed by atoms with Gasteiger partial charge in [-0.25, -0.2) is 0 Å². The molecule has 2 aromatic carbocycles. The molecule has 2 aliphatic rings. The highest BCUT2D eigenvalue weighted by atomic mass is 15.2. The molecule has 0 aromatic heterocycles. The Hall–Kier alpha value is -1.96. The van der Waals surface area contributed by atoms with Gasteiger partial charge in [0.2, 0.25) is 0 Å². The molecule has 0 N–H and O–H groups in total. The van der Waals surface area contributed by atoms with Crippen molar-refractivity contribution in [2.75, 3.05) is 23.4 Å². The second-order valence-electron chi connectivity index (χ2n) is 6.70. The van der Waals surface area contributed by atoms with Crippen LogP contribution in [-0.4, -0.2) is 19.6 Å². The Bertz CT molecular complexity index is 679. The van der Waals surface area contributed by atoms with Crippen LogP contribution in [0.2, 0.25) is 0 Å². The second-order valence-corrected chi connectivity index (χ2v) is 6.70. The first-order valence-corrected chi connectivity index (χ1v) is 8.42. The van der Waals surface area contributed by atoms with E-state index in [-0.39, 0.29) is 0 Å². The summed E-state index contributed by atoms with van der Waals surface area (Å²) in [5.74, 6) is 0. The van der Waals surface area contributed by atoms with Gasteiger partial charge < -0.3 is 9.80 Å². The van der Waals surface area contributed by atoms with Crippen molar-refractivity contribution in [3.8, 4) is 0 Å². The lowest BCUT2D eigenvalue weighted by molar-refractivity contribution is 0.473. The number of hydrogen-bond acceptors (Lipinski definition) is 2. The van der Waals surface area contributed by atoms with Crippen LogP contribution in [0.3, 0.4) is 0 Å². The summed E-state index contributed by atoms with van der Waals surface area (Å²) >= 11 is 0. The van der Waals surface area contributed by atoms with Crippen LogP contribution < -0.4 is 9.80 Å². The Morgan fingerprint density at radius 2 is 1.68 bits per heavy atom. The van der Waals surface area contributed by atoms with E-state index in [9.17, 15) is 0 Å². The predicted molar refractivity (Wildman–Crippen MR) is 93.8 cm³/mol. The molecule has 22 heavy (non-hydrogen) atoms. The van der Waals surface area contributed by atoms with Gasteiger partial charge in [0.1, 0.15) is 0 Å². The van der Waals surface area contributed by atoms with Crippen molar-refractivity contribution >= 4 is 11.4 Å². The van der Waals surface area contributed by atoms with Gasteiger partial charge in [0, 0.05) is 31.0 Å². The van der Waals surface area contributed by atoms with Crippen LogP contribution in [0.15, 0.2) is 48.5 Å². The summed E-state index contributed by atoms with van der Waals surface area (Å²) in [6.45, 7) is 3.52. The third-order valence-electron chi connectivity index (χ3n) is 5.42. The molecule has 0 aliphatic carbocycles. The molecule has 2 unspecified atom stereocenters. The topological polar surface area (TPSA) is 6.48 Å². The fourth-order valence-corrected chi connectivity index (χ4v) is 4.12. The van der Waals surface area contributed by atoms with Gasteiger partial charge in [0.05, 0.1) is 6.04 Å². The molecular formula is C20H24N2. The minimum absolute atomic E-state index is 0.504. The molecule has 2 nitrogen and oxygen atoms in total.